The second-order valence-corrected chi connectivity index (χ2v) is 4.09. The summed E-state index contributed by atoms with van der Waals surface area (Å²) < 4.78 is 0. The Bertz CT molecular complexity index is 162. The van der Waals surface area contributed by atoms with Crippen molar-refractivity contribution in [1.29, 1.82) is 0 Å². The fourth-order valence-corrected chi connectivity index (χ4v) is 1.84. The lowest BCUT2D eigenvalue weighted by atomic mass is 9.70. The first kappa shape index (κ1) is 8.79. The van der Waals surface area contributed by atoms with Crippen molar-refractivity contribution < 1.29 is 5.11 Å². The van der Waals surface area contributed by atoms with E-state index in [9.17, 15) is 5.11 Å². The Morgan fingerprint density at radius 1 is 1.64 bits per heavy atom. The van der Waals surface area contributed by atoms with E-state index in [0.29, 0.717) is 0 Å². The maximum absolute atomic E-state index is 9.45. The van der Waals surface area contributed by atoms with Crippen molar-refractivity contribution in [3.8, 4) is 0 Å². The number of hydrogen-bond acceptors (Lipinski definition) is 1. The second kappa shape index (κ2) is 2.98. The largest absolute Gasteiger partial charge is 0.393 e. The van der Waals surface area contributed by atoms with Crippen molar-refractivity contribution in [2.24, 2.45) is 5.41 Å². The third-order valence-corrected chi connectivity index (χ3v) is 2.98. The number of rotatable bonds is 1. The van der Waals surface area contributed by atoms with E-state index in [1.165, 1.54) is 12.0 Å². The van der Waals surface area contributed by atoms with E-state index in [0.717, 1.165) is 19.3 Å². The number of aliphatic hydroxyl groups excluding tert-OH is 1. The SMILES string of the molecule is C=C(C)C1(C)CCCC(O)C1. The Morgan fingerprint density at radius 2 is 2.27 bits per heavy atom. The third-order valence-electron chi connectivity index (χ3n) is 2.98. The summed E-state index contributed by atoms with van der Waals surface area (Å²) in [5.41, 5.74) is 1.42. The van der Waals surface area contributed by atoms with Gasteiger partial charge in [0, 0.05) is 0 Å². The number of hydrogen-bond donors (Lipinski definition) is 1. The van der Waals surface area contributed by atoms with Crippen molar-refractivity contribution in [1.82, 2.24) is 0 Å². The van der Waals surface area contributed by atoms with Gasteiger partial charge in [-0.25, -0.2) is 0 Å². The summed E-state index contributed by atoms with van der Waals surface area (Å²) >= 11 is 0. The van der Waals surface area contributed by atoms with Crippen LogP contribution in [0, 0.1) is 5.41 Å². The summed E-state index contributed by atoms with van der Waals surface area (Å²) in [5.74, 6) is 0. The Labute approximate surface area is 69.1 Å². The molecule has 0 aromatic carbocycles. The molecule has 1 nitrogen and oxygen atoms in total. The van der Waals surface area contributed by atoms with Crippen LogP contribution in [0.1, 0.15) is 39.5 Å². The molecule has 1 N–H and O–H groups in total. The summed E-state index contributed by atoms with van der Waals surface area (Å²) in [6.45, 7) is 8.25. The molecule has 1 saturated carbocycles. The van der Waals surface area contributed by atoms with Crippen molar-refractivity contribution in [2.45, 2.75) is 45.6 Å². The highest BCUT2D eigenvalue weighted by atomic mass is 16.3. The lowest BCUT2D eigenvalue weighted by Gasteiger charge is -2.36. The molecular weight excluding hydrogens is 136 g/mol. The van der Waals surface area contributed by atoms with E-state index in [4.69, 9.17) is 0 Å². The molecule has 1 aliphatic carbocycles. The van der Waals surface area contributed by atoms with Crippen LogP contribution in [0.3, 0.4) is 0 Å². The molecule has 1 heteroatoms. The molecular formula is C10H18O. The van der Waals surface area contributed by atoms with Crippen molar-refractivity contribution in [3.05, 3.63) is 12.2 Å². The van der Waals surface area contributed by atoms with Crippen LogP contribution < -0.4 is 0 Å². The first-order chi connectivity index (χ1) is 5.04. The fourth-order valence-electron chi connectivity index (χ4n) is 1.84. The Hall–Kier alpha value is -0.300. The van der Waals surface area contributed by atoms with Gasteiger partial charge in [-0.15, -0.1) is 0 Å². The van der Waals surface area contributed by atoms with Gasteiger partial charge in [0.2, 0.25) is 0 Å². The van der Waals surface area contributed by atoms with Gasteiger partial charge >= 0.3 is 0 Å². The summed E-state index contributed by atoms with van der Waals surface area (Å²) in [5, 5.41) is 9.45. The smallest absolute Gasteiger partial charge is 0.0548 e. The highest BCUT2D eigenvalue weighted by Gasteiger charge is 2.31. The fraction of sp³-hybridized carbons (Fsp3) is 0.800. The van der Waals surface area contributed by atoms with Crippen LogP contribution in [0.2, 0.25) is 0 Å². The predicted octanol–water partition coefficient (Wildman–Crippen LogP) is 2.50. The molecule has 0 aromatic rings. The minimum atomic E-state index is -0.0922. The van der Waals surface area contributed by atoms with Crippen LogP contribution in [0.4, 0.5) is 0 Å². The minimum Gasteiger partial charge on any atom is -0.393 e. The lowest BCUT2D eigenvalue weighted by molar-refractivity contribution is 0.0744. The lowest BCUT2D eigenvalue weighted by Crippen LogP contribution is -2.29. The van der Waals surface area contributed by atoms with Crippen molar-refractivity contribution >= 4 is 0 Å². The van der Waals surface area contributed by atoms with Gasteiger partial charge < -0.3 is 5.11 Å². The first-order valence-electron chi connectivity index (χ1n) is 4.39. The van der Waals surface area contributed by atoms with Crippen LogP contribution in [-0.2, 0) is 0 Å². The van der Waals surface area contributed by atoms with Gasteiger partial charge in [0.1, 0.15) is 0 Å². The van der Waals surface area contributed by atoms with Gasteiger partial charge in [-0.1, -0.05) is 25.5 Å². The van der Waals surface area contributed by atoms with Crippen molar-refractivity contribution in [2.75, 3.05) is 0 Å². The standard InChI is InChI=1S/C10H18O/c1-8(2)10(3)6-4-5-9(11)7-10/h9,11H,1,4-7H2,2-3H3. The topological polar surface area (TPSA) is 20.2 Å². The summed E-state index contributed by atoms with van der Waals surface area (Å²) in [7, 11) is 0. The minimum absolute atomic E-state index is 0.0922. The predicted molar refractivity (Wildman–Crippen MR) is 47.4 cm³/mol. The zero-order valence-electron chi connectivity index (χ0n) is 7.56. The molecule has 1 fully saturated rings. The van der Waals surface area contributed by atoms with E-state index in [1.807, 2.05) is 0 Å². The maximum Gasteiger partial charge on any atom is 0.0548 e. The highest BCUT2D eigenvalue weighted by molar-refractivity contribution is 5.07. The second-order valence-electron chi connectivity index (χ2n) is 4.09. The van der Waals surface area contributed by atoms with Crippen LogP contribution in [0.15, 0.2) is 12.2 Å². The van der Waals surface area contributed by atoms with Gasteiger partial charge in [0.25, 0.3) is 0 Å². The van der Waals surface area contributed by atoms with Gasteiger partial charge in [-0.3, -0.25) is 0 Å². The quantitative estimate of drug-likeness (QED) is 0.575. The number of allylic oxidation sites excluding steroid dienone is 1. The molecule has 1 aliphatic rings. The van der Waals surface area contributed by atoms with Crippen molar-refractivity contribution in [3.63, 3.8) is 0 Å². The molecule has 1 rings (SSSR count). The molecule has 0 spiro atoms. The average Bonchev–Trinajstić information content (AvgIpc) is 1.86. The van der Waals surface area contributed by atoms with E-state index in [2.05, 4.69) is 20.4 Å². The van der Waals surface area contributed by atoms with Crippen LogP contribution in [0.25, 0.3) is 0 Å². The average molecular weight is 154 g/mol. The molecule has 0 radical (unpaired) electrons. The highest BCUT2D eigenvalue weighted by Crippen LogP contribution is 2.40. The monoisotopic (exact) mass is 154 g/mol. The molecule has 2 unspecified atom stereocenters. The molecule has 64 valence electrons. The van der Waals surface area contributed by atoms with Gasteiger partial charge in [-0.05, 0) is 31.6 Å². The molecule has 0 amide bonds. The Balaban J connectivity index is 2.63. The first-order valence-corrected chi connectivity index (χ1v) is 4.39. The van der Waals surface area contributed by atoms with Crippen LogP contribution in [-0.4, -0.2) is 11.2 Å². The molecule has 0 bridgehead atoms. The van der Waals surface area contributed by atoms with E-state index in [-0.39, 0.29) is 11.5 Å². The summed E-state index contributed by atoms with van der Waals surface area (Å²) in [6.07, 6.45) is 4.13. The number of aliphatic hydroxyl groups is 1. The molecule has 0 heterocycles. The summed E-state index contributed by atoms with van der Waals surface area (Å²) in [4.78, 5) is 0. The van der Waals surface area contributed by atoms with E-state index in [1.54, 1.807) is 0 Å². The molecule has 2 atom stereocenters. The van der Waals surface area contributed by atoms with Crippen LogP contribution >= 0.6 is 0 Å². The third kappa shape index (κ3) is 1.84. The van der Waals surface area contributed by atoms with Gasteiger partial charge in [0.05, 0.1) is 6.10 Å². The van der Waals surface area contributed by atoms with E-state index >= 15 is 0 Å². The molecule has 0 saturated heterocycles. The zero-order valence-corrected chi connectivity index (χ0v) is 7.56. The van der Waals surface area contributed by atoms with Crippen LogP contribution in [0.5, 0.6) is 0 Å². The molecule has 11 heavy (non-hydrogen) atoms. The maximum atomic E-state index is 9.45. The van der Waals surface area contributed by atoms with Gasteiger partial charge in [0.15, 0.2) is 0 Å². The zero-order chi connectivity index (χ0) is 8.48. The molecule has 0 aliphatic heterocycles. The normalized spacial score (nSPS) is 38.6. The molecule has 0 aromatic heterocycles. The van der Waals surface area contributed by atoms with E-state index < -0.39 is 0 Å². The summed E-state index contributed by atoms with van der Waals surface area (Å²) in [6, 6.07) is 0. The Morgan fingerprint density at radius 3 is 2.64 bits per heavy atom. The Kier molecular flexibility index (Phi) is 2.38. The van der Waals surface area contributed by atoms with Gasteiger partial charge in [-0.2, -0.15) is 0 Å².